The number of thioether (sulfide) groups is 1. The molecular weight excluding hydrogens is 350 g/mol. The summed E-state index contributed by atoms with van der Waals surface area (Å²) < 4.78 is 5.31. The number of benzene rings is 2. The van der Waals surface area contributed by atoms with Crippen LogP contribution in [0.4, 0.5) is 0 Å². The van der Waals surface area contributed by atoms with Crippen LogP contribution in [0.1, 0.15) is 28.8 Å². The Bertz CT molecular complexity index is 755. The van der Waals surface area contributed by atoms with Crippen molar-refractivity contribution in [3.05, 3.63) is 65.7 Å². The summed E-state index contributed by atoms with van der Waals surface area (Å²) in [6.07, 6.45) is 0.375. The van der Waals surface area contributed by atoms with E-state index in [0.717, 1.165) is 10.6 Å². The van der Waals surface area contributed by atoms with Gasteiger partial charge in [0.15, 0.2) is 0 Å². The molecule has 3 rings (SSSR count). The molecule has 1 atom stereocenters. The number of hydrogen-bond acceptors (Lipinski definition) is 4. The van der Waals surface area contributed by atoms with Crippen LogP contribution in [0.25, 0.3) is 0 Å². The highest BCUT2D eigenvalue weighted by atomic mass is 32.2. The van der Waals surface area contributed by atoms with Crippen molar-refractivity contribution >= 4 is 23.6 Å². The first-order chi connectivity index (χ1) is 12.6. The van der Waals surface area contributed by atoms with Gasteiger partial charge in [-0.1, -0.05) is 30.3 Å². The molecule has 6 heteroatoms. The Kier molecular flexibility index (Phi) is 5.96. The average molecular weight is 371 g/mol. The number of aliphatic carboxylic acids is 1. The van der Waals surface area contributed by atoms with Gasteiger partial charge < -0.3 is 15.2 Å². The van der Waals surface area contributed by atoms with Gasteiger partial charge in [0.25, 0.3) is 5.91 Å². The molecule has 2 aromatic carbocycles. The molecule has 0 aliphatic carbocycles. The Morgan fingerprint density at radius 3 is 2.46 bits per heavy atom. The molecule has 5 nitrogen and oxygen atoms in total. The lowest BCUT2D eigenvalue weighted by Crippen LogP contribution is -2.50. The normalized spacial score (nSPS) is 19.2. The number of nitrogens with one attached hydrogen (secondary N) is 1. The maximum Gasteiger partial charge on any atom is 0.305 e. The lowest BCUT2D eigenvalue weighted by molar-refractivity contribution is -0.138. The van der Waals surface area contributed by atoms with Crippen LogP contribution in [0.2, 0.25) is 0 Å². The molecule has 1 aliphatic heterocycles. The van der Waals surface area contributed by atoms with E-state index in [1.54, 1.807) is 23.9 Å². The summed E-state index contributed by atoms with van der Waals surface area (Å²) in [7, 11) is 0. The van der Waals surface area contributed by atoms with Gasteiger partial charge in [0.2, 0.25) is 0 Å². The van der Waals surface area contributed by atoms with Gasteiger partial charge >= 0.3 is 5.97 Å². The number of hydrogen-bond donors (Lipinski definition) is 2. The van der Waals surface area contributed by atoms with E-state index < -0.39 is 11.5 Å². The van der Waals surface area contributed by atoms with Gasteiger partial charge in [0.05, 0.1) is 18.6 Å². The Balaban J connectivity index is 1.60. The third kappa shape index (κ3) is 4.86. The summed E-state index contributed by atoms with van der Waals surface area (Å²) in [5, 5.41) is 12.0. The summed E-state index contributed by atoms with van der Waals surface area (Å²) in [5.74, 6) is -0.342. The topological polar surface area (TPSA) is 75.6 Å². The second-order valence-electron chi connectivity index (χ2n) is 6.41. The molecule has 1 amide bonds. The molecule has 1 heterocycles. The first kappa shape index (κ1) is 18.5. The smallest absolute Gasteiger partial charge is 0.305 e. The largest absolute Gasteiger partial charge is 0.481 e. The highest BCUT2D eigenvalue weighted by Gasteiger charge is 2.38. The Hall–Kier alpha value is -2.31. The van der Waals surface area contributed by atoms with E-state index in [-0.39, 0.29) is 18.9 Å². The molecule has 136 valence electrons. The number of carbonyl (C=O) groups is 2. The second-order valence-corrected chi connectivity index (χ2v) is 7.45. The number of amides is 1. The maximum atomic E-state index is 12.5. The molecule has 1 saturated heterocycles. The number of carboxylic acids is 1. The lowest BCUT2D eigenvalue weighted by Gasteiger charge is -2.27. The Morgan fingerprint density at radius 1 is 1.12 bits per heavy atom. The van der Waals surface area contributed by atoms with E-state index >= 15 is 0 Å². The molecule has 1 fully saturated rings. The van der Waals surface area contributed by atoms with Crippen molar-refractivity contribution in [1.29, 1.82) is 0 Å². The zero-order valence-electron chi connectivity index (χ0n) is 14.3. The highest BCUT2D eigenvalue weighted by Crippen LogP contribution is 2.25. The Morgan fingerprint density at radius 2 is 1.85 bits per heavy atom. The van der Waals surface area contributed by atoms with E-state index in [9.17, 15) is 9.59 Å². The summed E-state index contributed by atoms with van der Waals surface area (Å²) in [5.41, 5.74) is 0.950. The monoisotopic (exact) mass is 371 g/mol. The molecule has 26 heavy (non-hydrogen) atoms. The molecule has 0 spiro atoms. The predicted molar refractivity (Wildman–Crippen MR) is 100 cm³/mol. The van der Waals surface area contributed by atoms with Crippen molar-refractivity contribution < 1.29 is 19.4 Å². The molecular formula is C20H21NO4S. The van der Waals surface area contributed by atoms with Gasteiger partial charge in [-0.15, -0.1) is 11.8 Å². The summed E-state index contributed by atoms with van der Waals surface area (Å²) >= 11 is 1.71. The van der Waals surface area contributed by atoms with E-state index in [2.05, 4.69) is 17.4 Å². The average Bonchev–Trinajstić information content (AvgIpc) is 3.08. The van der Waals surface area contributed by atoms with Crippen LogP contribution in [0.15, 0.2) is 59.5 Å². The third-order valence-corrected chi connectivity index (χ3v) is 5.42. The maximum absolute atomic E-state index is 12.5. The standard InChI is InChI=1S/C20H21NO4S/c22-18(23)12-20(10-11-25-14-20)21-19(24)16-6-8-17(9-7-16)26-13-15-4-2-1-3-5-15/h1-9H,10-14H2,(H,21,24)(H,22,23). The fourth-order valence-electron chi connectivity index (χ4n) is 2.94. The lowest BCUT2D eigenvalue weighted by atomic mass is 9.94. The number of carbonyl (C=O) groups excluding carboxylic acids is 1. The quantitative estimate of drug-likeness (QED) is 0.730. The summed E-state index contributed by atoms with van der Waals surface area (Å²) in [6.45, 7) is 0.693. The predicted octanol–water partition coefficient (Wildman–Crippen LogP) is 3.34. The number of carboxylic acid groups (broad SMARTS) is 1. The SMILES string of the molecule is O=C(O)CC1(NC(=O)c2ccc(SCc3ccccc3)cc2)CCOC1. The van der Waals surface area contributed by atoms with E-state index in [1.807, 2.05) is 30.3 Å². The minimum atomic E-state index is -0.941. The first-order valence-electron chi connectivity index (χ1n) is 8.45. The fourth-order valence-corrected chi connectivity index (χ4v) is 3.79. The van der Waals surface area contributed by atoms with Crippen LogP contribution in [0, 0.1) is 0 Å². The highest BCUT2D eigenvalue weighted by molar-refractivity contribution is 7.98. The number of rotatable bonds is 7. The molecule has 2 aromatic rings. The molecule has 0 aromatic heterocycles. The van der Waals surface area contributed by atoms with E-state index in [0.29, 0.717) is 18.6 Å². The van der Waals surface area contributed by atoms with Gasteiger partial charge in [-0.05, 0) is 36.2 Å². The molecule has 1 aliphatic rings. The molecule has 0 bridgehead atoms. The van der Waals surface area contributed by atoms with Crippen LogP contribution < -0.4 is 5.32 Å². The van der Waals surface area contributed by atoms with Crippen molar-refractivity contribution in [2.45, 2.75) is 29.0 Å². The molecule has 2 N–H and O–H groups in total. The van der Waals surface area contributed by atoms with Gasteiger partial charge in [-0.2, -0.15) is 0 Å². The molecule has 1 unspecified atom stereocenters. The van der Waals surface area contributed by atoms with Gasteiger partial charge in [-0.25, -0.2) is 0 Å². The zero-order chi connectivity index (χ0) is 18.4. The van der Waals surface area contributed by atoms with E-state index in [1.165, 1.54) is 5.56 Å². The van der Waals surface area contributed by atoms with Crippen LogP contribution in [-0.2, 0) is 15.3 Å². The van der Waals surface area contributed by atoms with Crippen molar-refractivity contribution in [1.82, 2.24) is 5.32 Å². The van der Waals surface area contributed by atoms with Crippen molar-refractivity contribution in [3.63, 3.8) is 0 Å². The summed E-state index contributed by atoms with van der Waals surface area (Å²) in [6, 6.07) is 17.6. The van der Waals surface area contributed by atoms with Gasteiger partial charge in [-0.3, -0.25) is 9.59 Å². The first-order valence-corrected chi connectivity index (χ1v) is 9.44. The summed E-state index contributed by atoms with van der Waals surface area (Å²) in [4.78, 5) is 24.7. The van der Waals surface area contributed by atoms with Crippen molar-refractivity contribution in [3.8, 4) is 0 Å². The van der Waals surface area contributed by atoms with Crippen molar-refractivity contribution in [2.24, 2.45) is 0 Å². The van der Waals surface area contributed by atoms with Gasteiger partial charge in [0, 0.05) is 22.8 Å². The van der Waals surface area contributed by atoms with Crippen LogP contribution in [0.3, 0.4) is 0 Å². The molecule has 0 radical (unpaired) electrons. The van der Waals surface area contributed by atoms with Crippen LogP contribution in [-0.4, -0.2) is 35.7 Å². The van der Waals surface area contributed by atoms with Crippen LogP contribution >= 0.6 is 11.8 Å². The Labute approximate surface area is 156 Å². The minimum Gasteiger partial charge on any atom is -0.481 e. The number of ether oxygens (including phenoxy) is 1. The van der Waals surface area contributed by atoms with Crippen molar-refractivity contribution in [2.75, 3.05) is 13.2 Å². The molecule has 0 saturated carbocycles. The zero-order valence-corrected chi connectivity index (χ0v) is 15.1. The van der Waals surface area contributed by atoms with Gasteiger partial charge in [0.1, 0.15) is 0 Å². The third-order valence-electron chi connectivity index (χ3n) is 4.34. The second kappa shape index (κ2) is 8.38. The fraction of sp³-hybridized carbons (Fsp3) is 0.300. The minimum absolute atomic E-state index is 0.135. The van der Waals surface area contributed by atoms with Crippen LogP contribution in [0.5, 0.6) is 0 Å². The van der Waals surface area contributed by atoms with E-state index in [4.69, 9.17) is 9.84 Å².